The van der Waals surface area contributed by atoms with Crippen LogP contribution in [0.1, 0.15) is 20.7 Å². The molecule has 2 aromatic rings. The van der Waals surface area contributed by atoms with Crippen molar-refractivity contribution >= 4 is 34.8 Å². The number of piperazine rings is 1. The highest BCUT2D eigenvalue weighted by molar-refractivity contribution is 6.31. The topological polar surface area (TPSA) is 58.2 Å². The van der Waals surface area contributed by atoms with Crippen molar-refractivity contribution in [2.24, 2.45) is 0 Å². The van der Waals surface area contributed by atoms with E-state index in [1.54, 1.807) is 48.5 Å². The van der Waals surface area contributed by atoms with E-state index in [1.165, 1.54) is 12.2 Å². The summed E-state index contributed by atoms with van der Waals surface area (Å²) in [5.74, 6) is -0.338. The van der Waals surface area contributed by atoms with Crippen LogP contribution in [0.2, 0.25) is 10.0 Å². The number of carbonyl (C=O) groups is 2. The molecule has 0 aromatic heterocycles. The molecule has 0 radical (unpaired) electrons. The van der Waals surface area contributed by atoms with Gasteiger partial charge in [-0.25, -0.2) is 0 Å². The summed E-state index contributed by atoms with van der Waals surface area (Å²) in [6, 6.07) is 13.3. The van der Waals surface area contributed by atoms with E-state index in [2.05, 4.69) is 10.6 Å². The summed E-state index contributed by atoms with van der Waals surface area (Å²) in [5, 5.41) is 7.45. The second-order valence-corrected chi connectivity index (χ2v) is 6.58. The number of benzene rings is 2. The molecule has 2 aromatic carbocycles. The van der Waals surface area contributed by atoms with Crippen LogP contribution in [0.5, 0.6) is 0 Å². The molecule has 0 atom stereocenters. The Morgan fingerprint density at radius 3 is 1.38 bits per heavy atom. The van der Waals surface area contributed by atoms with Gasteiger partial charge in [0.1, 0.15) is 0 Å². The lowest BCUT2D eigenvalue weighted by molar-refractivity contribution is 0.103. The van der Waals surface area contributed by atoms with Crippen molar-refractivity contribution in [1.29, 1.82) is 0 Å². The van der Waals surface area contributed by atoms with Crippen molar-refractivity contribution in [2.75, 3.05) is 13.1 Å². The largest absolute Gasteiger partial charge is 0.381 e. The Hall–Kier alpha value is -2.56. The molecule has 1 saturated heterocycles. The number of ketones is 2. The molecule has 4 nitrogen and oxygen atoms in total. The van der Waals surface area contributed by atoms with Crippen LogP contribution in [0.4, 0.5) is 0 Å². The molecule has 1 aliphatic heterocycles. The van der Waals surface area contributed by atoms with Gasteiger partial charge >= 0.3 is 0 Å². The highest BCUT2D eigenvalue weighted by Gasteiger charge is 2.15. The van der Waals surface area contributed by atoms with Gasteiger partial charge in [-0.1, -0.05) is 23.2 Å². The highest BCUT2D eigenvalue weighted by Crippen LogP contribution is 2.15. The number of rotatable bonds is 4. The lowest BCUT2D eigenvalue weighted by Crippen LogP contribution is -2.37. The highest BCUT2D eigenvalue weighted by atomic mass is 35.5. The molecule has 0 unspecified atom stereocenters. The standard InChI is InChI=1S/C20H16Cl2N2O2/c21-15-5-1-13(2-6-15)19(25)11-17-18(24-10-9-23-17)12-20(26)14-3-7-16(22)8-4-14/h1-8,11-12,23-24H,9-10H2. The minimum absolute atomic E-state index is 0.169. The third-order valence-corrected chi connectivity index (χ3v) is 4.36. The van der Waals surface area contributed by atoms with Crippen molar-refractivity contribution < 1.29 is 9.59 Å². The van der Waals surface area contributed by atoms with Gasteiger partial charge in [0.2, 0.25) is 0 Å². The maximum atomic E-state index is 12.4. The fourth-order valence-corrected chi connectivity index (χ4v) is 2.75. The monoisotopic (exact) mass is 386 g/mol. The van der Waals surface area contributed by atoms with Crippen LogP contribution in [0.25, 0.3) is 0 Å². The predicted octanol–water partition coefficient (Wildman–Crippen LogP) is 4.02. The van der Waals surface area contributed by atoms with Crippen LogP contribution < -0.4 is 10.6 Å². The molecular weight excluding hydrogens is 371 g/mol. The molecule has 0 spiro atoms. The zero-order chi connectivity index (χ0) is 18.5. The normalized spacial score (nSPS) is 16.8. The number of hydrogen-bond donors (Lipinski definition) is 2. The second-order valence-electron chi connectivity index (χ2n) is 5.71. The van der Waals surface area contributed by atoms with E-state index in [0.717, 1.165) is 0 Å². The average molecular weight is 387 g/mol. The Labute approximate surface area is 161 Å². The molecule has 2 N–H and O–H groups in total. The number of halogens is 2. The van der Waals surface area contributed by atoms with Gasteiger partial charge in [0, 0.05) is 46.4 Å². The zero-order valence-corrected chi connectivity index (χ0v) is 15.3. The summed E-state index contributed by atoms with van der Waals surface area (Å²) < 4.78 is 0. The maximum Gasteiger partial charge on any atom is 0.187 e. The average Bonchev–Trinajstić information content (AvgIpc) is 2.64. The molecule has 3 rings (SSSR count). The number of hydrogen-bond acceptors (Lipinski definition) is 4. The molecule has 1 aliphatic rings. The fourth-order valence-electron chi connectivity index (χ4n) is 2.50. The Kier molecular flexibility index (Phi) is 5.76. The van der Waals surface area contributed by atoms with Crippen molar-refractivity contribution in [3.63, 3.8) is 0 Å². The molecule has 0 saturated carbocycles. The van der Waals surface area contributed by atoms with Crippen LogP contribution >= 0.6 is 23.2 Å². The van der Waals surface area contributed by atoms with E-state index < -0.39 is 0 Å². The van der Waals surface area contributed by atoms with Gasteiger partial charge in [0.05, 0.1) is 11.4 Å². The van der Waals surface area contributed by atoms with Crippen molar-refractivity contribution in [3.8, 4) is 0 Å². The van der Waals surface area contributed by atoms with Gasteiger partial charge in [-0.2, -0.15) is 0 Å². The summed E-state index contributed by atoms with van der Waals surface area (Å²) in [6.07, 6.45) is 2.97. The SMILES string of the molecule is O=C(C=C1NCCNC1=CC(=O)c1ccc(Cl)cc1)c1ccc(Cl)cc1. The number of carbonyl (C=O) groups excluding carboxylic acids is 2. The molecule has 1 fully saturated rings. The molecule has 0 aliphatic carbocycles. The quantitative estimate of drug-likeness (QED) is 0.615. The minimum atomic E-state index is -0.169. The summed E-state index contributed by atoms with van der Waals surface area (Å²) in [7, 11) is 0. The van der Waals surface area contributed by atoms with Gasteiger partial charge in [-0.3, -0.25) is 9.59 Å². The molecular formula is C20H16Cl2N2O2. The second kappa shape index (κ2) is 8.21. The summed E-state index contributed by atoms with van der Waals surface area (Å²) in [5.41, 5.74) is 2.22. The summed E-state index contributed by atoms with van der Waals surface area (Å²) in [6.45, 7) is 1.32. The molecule has 132 valence electrons. The smallest absolute Gasteiger partial charge is 0.187 e. The van der Waals surface area contributed by atoms with Gasteiger partial charge in [0.15, 0.2) is 11.6 Å². The van der Waals surface area contributed by atoms with Crippen LogP contribution in [-0.2, 0) is 0 Å². The van der Waals surface area contributed by atoms with E-state index in [9.17, 15) is 9.59 Å². The Bertz CT molecular complexity index is 810. The first kappa shape index (κ1) is 18.2. The minimum Gasteiger partial charge on any atom is -0.381 e. The van der Waals surface area contributed by atoms with E-state index in [-0.39, 0.29) is 11.6 Å². The molecule has 0 bridgehead atoms. The van der Waals surface area contributed by atoms with E-state index in [0.29, 0.717) is 45.7 Å². The Morgan fingerprint density at radius 1 is 0.692 bits per heavy atom. The van der Waals surface area contributed by atoms with Crippen LogP contribution in [-0.4, -0.2) is 24.7 Å². The van der Waals surface area contributed by atoms with Gasteiger partial charge in [-0.15, -0.1) is 0 Å². The molecule has 0 amide bonds. The van der Waals surface area contributed by atoms with Crippen LogP contribution in [0.15, 0.2) is 72.1 Å². The summed E-state index contributed by atoms with van der Waals surface area (Å²) in [4.78, 5) is 24.9. The first-order valence-corrected chi connectivity index (χ1v) is 8.80. The van der Waals surface area contributed by atoms with Gasteiger partial charge < -0.3 is 10.6 Å². The first-order valence-electron chi connectivity index (χ1n) is 8.04. The Morgan fingerprint density at radius 2 is 1.04 bits per heavy atom. The van der Waals surface area contributed by atoms with E-state index >= 15 is 0 Å². The number of allylic oxidation sites excluding steroid dienone is 2. The van der Waals surface area contributed by atoms with Gasteiger partial charge in [0.25, 0.3) is 0 Å². The molecule has 6 heteroatoms. The lowest BCUT2D eigenvalue weighted by Gasteiger charge is -2.22. The van der Waals surface area contributed by atoms with E-state index in [4.69, 9.17) is 23.2 Å². The Balaban J connectivity index is 1.84. The fraction of sp³-hybridized carbons (Fsp3) is 0.100. The first-order chi connectivity index (χ1) is 12.5. The predicted molar refractivity (Wildman–Crippen MR) is 104 cm³/mol. The third kappa shape index (κ3) is 4.54. The van der Waals surface area contributed by atoms with Crippen molar-refractivity contribution in [2.45, 2.75) is 0 Å². The molecule has 26 heavy (non-hydrogen) atoms. The number of nitrogens with one attached hydrogen (secondary N) is 2. The third-order valence-electron chi connectivity index (χ3n) is 3.85. The van der Waals surface area contributed by atoms with Crippen LogP contribution in [0.3, 0.4) is 0 Å². The zero-order valence-electron chi connectivity index (χ0n) is 13.8. The molecule has 1 heterocycles. The maximum absolute atomic E-state index is 12.4. The van der Waals surface area contributed by atoms with Crippen LogP contribution in [0, 0.1) is 0 Å². The van der Waals surface area contributed by atoms with Crippen molar-refractivity contribution in [1.82, 2.24) is 10.6 Å². The van der Waals surface area contributed by atoms with Gasteiger partial charge in [-0.05, 0) is 48.5 Å². The summed E-state index contributed by atoms with van der Waals surface area (Å²) >= 11 is 11.7. The lowest BCUT2D eigenvalue weighted by atomic mass is 10.1. The van der Waals surface area contributed by atoms with E-state index in [1.807, 2.05) is 0 Å². The van der Waals surface area contributed by atoms with Crippen molar-refractivity contribution in [3.05, 3.63) is 93.2 Å².